The first-order valence-corrected chi connectivity index (χ1v) is 29.9. The predicted molar refractivity (Wildman–Crippen MR) is 297 cm³/mol. The van der Waals surface area contributed by atoms with Crippen LogP contribution in [-0.2, 0) is 23.8 Å². The van der Waals surface area contributed by atoms with Crippen LogP contribution in [-0.4, -0.2) is 100 Å². The highest BCUT2D eigenvalue weighted by Crippen LogP contribution is 2.23. The first kappa shape index (κ1) is 67.6. The molecule has 0 saturated carbocycles. The first-order chi connectivity index (χ1) is 35.2. The Morgan fingerprint density at radius 2 is 0.903 bits per heavy atom. The molecule has 0 aromatic rings. The Hall–Kier alpha value is -2.38. The average molecular weight is 1020 g/mol. The van der Waals surface area contributed by atoms with Crippen molar-refractivity contribution in [1.82, 2.24) is 5.32 Å². The van der Waals surface area contributed by atoms with Gasteiger partial charge in [-0.2, -0.15) is 0 Å². The molecule has 1 fully saturated rings. The summed E-state index contributed by atoms with van der Waals surface area (Å²) >= 11 is 0. The summed E-state index contributed by atoms with van der Waals surface area (Å²) in [6, 6.07) is -0.845. The molecule has 1 heterocycles. The predicted octanol–water partition coefficient (Wildman–Crippen LogP) is 13.7. The molecule has 0 aromatic heterocycles. The van der Waals surface area contributed by atoms with Gasteiger partial charge in [-0.1, -0.05) is 217 Å². The number of carbonyl (C=O) groups is 2. The number of esters is 1. The van der Waals surface area contributed by atoms with E-state index in [0.717, 1.165) is 103 Å². The number of amides is 1. The average Bonchev–Trinajstić information content (AvgIpc) is 3.38. The molecule has 0 bridgehead atoms. The van der Waals surface area contributed by atoms with E-state index in [1.165, 1.54) is 135 Å². The van der Waals surface area contributed by atoms with Crippen molar-refractivity contribution < 1.29 is 49.3 Å². The Bertz CT molecular complexity index is 1340. The summed E-state index contributed by atoms with van der Waals surface area (Å²) in [5, 5.41) is 54.4. The van der Waals surface area contributed by atoms with Crippen LogP contribution in [0.2, 0.25) is 0 Å². The van der Waals surface area contributed by atoms with Gasteiger partial charge in [0.05, 0.1) is 32.0 Å². The van der Waals surface area contributed by atoms with Gasteiger partial charge in [-0.3, -0.25) is 9.59 Å². The van der Waals surface area contributed by atoms with E-state index < -0.39 is 49.5 Å². The molecular weight excluding hydrogens is 907 g/mol. The molecule has 11 nitrogen and oxygen atoms in total. The van der Waals surface area contributed by atoms with Gasteiger partial charge in [-0.05, 0) is 83.5 Å². The second-order valence-electron chi connectivity index (χ2n) is 20.7. The summed E-state index contributed by atoms with van der Waals surface area (Å²) in [5.41, 5.74) is 0. The summed E-state index contributed by atoms with van der Waals surface area (Å²) in [6.07, 6.45) is 53.4. The number of allylic oxidation sites excluding steroid dienone is 7. The zero-order chi connectivity index (χ0) is 52.4. The Balaban J connectivity index is 2.16. The fraction of sp³-hybridized carbons (Fsp3) is 0.836. The second-order valence-corrected chi connectivity index (χ2v) is 20.7. The van der Waals surface area contributed by atoms with Crippen LogP contribution in [0.3, 0.4) is 0 Å². The molecule has 1 aliphatic rings. The number of rotatable bonds is 51. The molecule has 1 saturated heterocycles. The van der Waals surface area contributed by atoms with Crippen LogP contribution in [0.5, 0.6) is 0 Å². The van der Waals surface area contributed by atoms with Gasteiger partial charge in [-0.15, -0.1) is 0 Å². The highest BCUT2D eigenvalue weighted by Gasteiger charge is 2.44. The zero-order valence-electron chi connectivity index (χ0n) is 46.1. The zero-order valence-corrected chi connectivity index (χ0v) is 46.1. The molecule has 6 N–H and O–H groups in total. The lowest BCUT2D eigenvalue weighted by atomic mass is 9.99. The van der Waals surface area contributed by atoms with Gasteiger partial charge in [0.1, 0.15) is 24.4 Å². The smallest absolute Gasteiger partial charge is 0.305 e. The van der Waals surface area contributed by atoms with Crippen LogP contribution in [0.15, 0.2) is 48.6 Å². The molecule has 0 aromatic carbocycles. The first-order valence-electron chi connectivity index (χ1n) is 29.9. The third-order valence-electron chi connectivity index (χ3n) is 13.9. The van der Waals surface area contributed by atoms with Crippen LogP contribution in [0.1, 0.15) is 264 Å². The quantitative estimate of drug-likeness (QED) is 0.0195. The van der Waals surface area contributed by atoms with Gasteiger partial charge in [0.15, 0.2) is 6.29 Å². The number of unbranched alkanes of at least 4 members (excludes halogenated alkanes) is 31. The molecule has 420 valence electrons. The fourth-order valence-corrected chi connectivity index (χ4v) is 9.11. The molecule has 1 aliphatic heterocycles. The van der Waals surface area contributed by atoms with E-state index in [0.29, 0.717) is 19.4 Å². The van der Waals surface area contributed by atoms with E-state index in [9.17, 15) is 35.1 Å². The van der Waals surface area contributed by atoms with E-state index in [2.05, 4.69) is 55.6 Å². The molecule has 0 aliphatic carbocycles. The lowest BCUT2D eigenvalue weighted by Gasteiger charge is -2.40. The minimum atomic E-state index is -1.59. The molecule has 1 rings (SSSR count). The Kier molecular flexibility index (Phi) is 47.7. The third-order valence-corrected chi connectivity index (χ3v) is 13.9. The minimum Gasteiger partial charge on any atom is -0.466 e. The van der Waals surface area contributed by atoms with E-state index in [4.69, 9.17) is 14.2 Å². The van der Waals surface area contributed by atoms with Crippen LogP contribution < -0.4 is 5.32 Å². The summed E-state index contributed by atoms with van der Waals surface area (Å²) in [4.78, 5) is 25.1. The highest BCUT2D eigenvalue weighted by molar-refractivity contribution is 5.76. The summed E-state index contributed by atoms with van der Waals surface area (Å²) in [7, 11) is 0. The monoisotopic (exact) mass is 1020 g/mol. The van der Waals surface area contributed by atoms with Crippen molar-refractivity contribution in [1.29, 1.82) is 0 Å². The number of aliphatic hydroxyl groups is 5. The van der Waals surface area contributed by atoms with E-state index >= 15 is 0 Å². The maximum atomic E-state index is 13.0. The Morgan fingerprint density at radius 3 is 1.38 bits per heavy atom. The van der Waals surface area contributed by atoms with E-state index in [1.807, 2.05) is 6.08 Å². The number of hydrogen-bond donors (Lipinski definition) is 6. The molecule has 7 unspecified atom stereocenters. The lowest BCUT2D eigenvalue weighted by Crippen LogP contribution is -2.60. The number of carbonyl (C=O) groups excluding carboxylic acids is 2. The van der Waals surface area contributed by atoms with Crippen molar-refractivity contribution in [3.63, 3.8) is 0 Å². The number of ether oxygens (including phenoxy) is 3. The second kappa shape index (κ2) is 50.8. The maximum absolute atomic E-state index is 13.0. The minimum absolute atomic E-state index is 0.0146. The summed E-state index contributed by atoms with van der Waals surface area (Å²) < 4.78 is 16.7. The van der Waals surface area contributed by atoms with Gasteiger partial charge < -0.3 is 45.1 Å². The summed E-state index contributed by atoms with van der Waals surface area (Å²) in [6.45, 7) is 4.28. The van der Waals surface area contributed by atoms with E-state index in [1.54, 1.807) is 6.08 Å². The lowest BCUT2D eigenvalue weighted by molar-refractivity contribution is -0.302. The summed E-state index contributed by atoms with van der Waals surface area (Å²) in [5.74, 6) is -0.226. The number of nitrogens with one attached hydrogen (secondary N) is 1. The van der Waals surface area contributed by atoms with Crippen molar-refractivity contribution in [2.24, 2.45) is 0 Å². The topological polar surface area (TPSA) is 175 Å². The SMILES string of the molecule is CCCCCCC/C=C/CC/C=C/CC/C=C/C(O)C(COC1OC(CO)C(O)C(O)C1O)NC(=O)CCCCCCC/C=C\CCCCCCCCCCCOC(=O)CCCCCCCCCCCCC. The van der Waals surface area contributed by atoms with Crippen LogP contribution in [0, 0.1) is 0 Å². The van der Waals surface area contributed by atoms with Crippen molar-refractivity contribution >= 4 is 11.9 Å². The van der Waals surface area contributed by atoms with Crippen molar-refractivity contribution in [2.45, 2.75) is 307 Å². The molecule has 0 radical (unpaired) electrons. The maximum Gasteiger partial charge on any atom is 0.305 e. The van der Waals surface area contributed by atoms with Crippen molar-refractivity contribution in [2.75, 3.05) is 19.8 Å². The number of hydrogen-bond acceptors (Lipinski definition) is 10. The van der Waals surface area contributed by atoms with Crippen molar-refractivity contribution in [3.05, 3.63) is 48.6 Å². The molecule has 0 spiro atoms. The van der Waals surface area contributed by atoms with Crippen LogP contribution >= 0.6 is 0 Å². The van der Waals surface area contributed by atoms with E-state index in [-0.39, 0.29) is 18.5 Å². The van der Waals surface area contributed by atoms with Gasteiger partial charge in [0.25, 0.3) is 0 Å². The molecule has 7 atom stereocenters. The Morgan fingerprint density at radius 1 is 0.500 bits per heavy atom. The number of aliphatic hydroxyl groups excluding tert-OH is 5. The van der Waals surface area contributed by atoms with Gasteiger partial charge in [-0.25, -0.2) is 0 Å². The normalized spacial score (nSPS) is 19.3. The van der Waals surface area contributed by atoms with Crippen molar-refractivity contribution in [3.8, 4) is 0 Å². The molecule has 1 amide bonds. The Labute approximate surface area is 440 Å². The van der Waals surface area contributed by atoms with Gasteiger partial charge in [0.2, 0.25) is 5.91 Å². The highest BCUT2D eigenvalue weighted by atomic mass is 16.7. The molecule has 11 heteroatoms. The van der Waals surface area contributed by atoms with Gasteiger partial charge in [0, 0.05) is 12.8 Å². The van der Waals surface area contributed by atoms with Gasteiger partial charge >= 0.3 is 5.97 Å². The molecular formula is C61H111NO10. The fourth-order valence-electron chi connectivity index (χ4n) is 9.11. The molecule has 72 heavy (non-hydrogen) atoms. The third kappa shape index (κ3) is 40.0. The van der Waals surface area contributed by atoms with Crippen LogP contribution in [0.25, 0.3) is 0 Å². The largest absolute Gasteiger partial charge is 0.466 e. The van der Waals surface area contributed by atoms with Crippen LogP contribution in [0.4, 0.5) is 0 Å². The standard InChI is InChI=1S/C61H111NO10/c1-3-5-7-9-11-13-15-16-21-24-28-31-35-39-43-47-54(64)53(52-71-61-60(69)59(68)58(67)55(51-63)72-61)62-56(65)48-44-40-36-32-29-25-22-19-17-18-20-23-26-30-34-38-42-46-50-70-57(66)49-45-41-37-33-27-14-12-10-8-6-4-2/h15-16,19,22,28,31,43,47,53-55,58-61,63-64,67-69H,3-14,17-18,20-21,23-27,29-30,32-42,44-46,48-52H2,1-2H3,(H,62,65)/b16-15+,22-19-,31-28+,47-43+.